The molecular formula is C12H17ClN4O3. The summed E-state index contributed by atoms with van der Waals surface area (Å²) in [6.45, 7) is 4.32. The van der Waals surface area contributed by atoms with Crippen LogP contribution in [0.1, 0.15) is 10.5 Å². The SMILES string of the molecule is O=C(N[C@H]1COC[C@@H]1N1CCOCC1)c1[nH]ncc1Cl. The number of carbonyl (C=O) groups excluding carboxylic acids is 1. The largest absolute Gasteiger partial charge is 0.379 e. The van der Waals surface area contributed by atoms with E-state index >= 15 is 0 Å². The molecule has 20 heavy (non-hydrogen) atoms. The van der Waals surface area contributed by atoms with Crippen molar-refractivity contribution in [3.8, 4) is 0 Å². The van der Waals surface area contributed by atoms with Crippen LogP contribution in [0.25, 0.3) is 0 Å². The topological polar surface area (TPSA) is 79.5 Å². The number of amides is 1. The number of hydrogen-bond acceptors (Lipinski definition) is 5. The van der Waals surface area contributed by atoms with E-state index in [1.54, 1.807) is 0 Å². The Labute approximate surface area is 121 Å². The van der Waals surface area contributed by atoms with Crippen LogP contribution in [0.5, 0.6) is 0 Å². The molecule has 7 nitrogen and oxygen atoms in total. The fraction of sp³-hybridized carbons (Fsp3) is 0.667. The summed E-state index contributed by atoms with van der Waals surface area (Å²) in [5, 5.41) is 9.65. The fourth-order valence-corrected chi connectivity index (χ4v) is 2.80. The molecule has 2 N–H and O–H groups in total. The summed E-state index contributed by atoms with van der Waals surface area (Å²) < 4.78 is 10.9. The number of nitrogens with zero attached hydrogens (tertiary/aromatic N) is 2. The normalized spacial score (nSPS) is 27.6. The zero-order valence-corrected chi connectivity index (χ0v) is 11.7. The van der Waals surface area contributed by atoms with Gasteiger partial charge in [-0.25, -0.2) is 0 Å². The molecule has 0 bridgehead atoms. The summed E-state index contributed by atoms with van der Waals surface area (Å²) in [5.74, 6) is -0.249. The van der Waals surface area contributed by atoms with Crippen LogP contribution in [0.4, 0.5) is 0 Å². The van der Waals surface area contributed by atoms with Crippen LogP contribution in [0.2, 0.25) is 5.02 Å². The molecule has 8 heteroatoms. The van der Waals surface area contributed by atoms with Gasteiger partial charge in [0, 0.05) is 13.1 Å². The van der Waals surface area contributed by atoms with Gasteiger partial charge >= 0.3 is 0 Å². The van der Waals surface area contributed by atoms with Gasteiger partial charge in [-0.3, -0.25) is 14.8 Å². The molecule has 2 atom stereocenters. The smallest absolute Gasteiger partial charge is 0.271 e. The first kappa shape index (κ1) is 13.8. The lowest BCUT2D eigenvalue weighted by atomic mass is 10.1. The third-order valence-electron chi connectivity index (χ3n) is 3.70. The molecule has 0 radical (unpaired) electrons. The highest BCUT2D eigenvalue weighted by molar-refractivity contribution is 6.33. The Balaban J connectivity index is 1.64. The lowest BCUT2D eigenvalue weighted by Crippen LogP contribution is -2.54. The number of morpholine rings is 1. The highest BCUT2D eigenvalue weighted by atomic mass is 35.5. The van der Waals surface area contributed by atoms with Crippen LogP contribution in [0.3, 0.4) is 0 Å². The molecule has 1 aromatic heterocycles. The first-order chi connectivity index (χ1) is 9.75. The van der Waals surface area contributed by atoms with E-state index in [9.17, 15) is 4.79 Å². The zero-order chi connectivity index (χ0) is 13.9. The monoisotopic (exact) mass is 300 g/mol. The maximum Gasteiger partial charge on any atom is 0.271 e. The average molecular weight is 301 g/mol. The van der Waals surface area contributed by atoms with Crippen LogP contribution < -0.4 is 5.32 Å². The van der Waals surface area contributed by atoms with Gasteiger partial charge in [-0.2, -0.15) is 5.10 Å². The second kappa shape index (κ2) is 6.09. The third-order valence-corrected chi connectivity index (χ3v) is 3.99. The number of nitrogens with one attached hydrogen (secondary N) is 2. The van der Waals surface area contributed by atoms with Crippen LogP contribution >= 0.6 is 11.6 Å². The standard InChI is InChI=1S/C12H17ClN4O3/c13-8-5-14-16-11(8)12(18)15-9-6-20-7-10(9)17-1-3-19-4-2-17/h5,9-10H,1-4,6-7H2,(H,14,16)(H,15,18)/t9-,10-/m0/s1. The van der Waals surface area contributed by atoms with E-state index in [2.05, 4.69) is 20.4 Å². The molecule has 0 aromatic carbocycles. The molecular weight excluding hydrogens is 284 g/mol. The summed E-state index contributed by atoms with van der Waals surface area (Å²) in [6, 6.07) is 0.143. The number of hydrogen-bond donors (Lipinski definition) is 2. The molecule has 2 fully saturated rings. The Hall–Kier alpha value is -1.15. The number of H-pyrrole nitrogens is 1. The number of ether oxygens (including phenoxy) is 2. The van der Waals surface area contributed by atoms with Crippen molar-refractivity contribution in [2.24, 2.45) is 0 Å². The molecule has 2 aliphatic heterocycles. The van der Waals surface area contributed by atoms with Gasteiger partial charge in [0.05, 0.1) is 49.7 Å². The zero-order valence-electron chi connectivity index (χ0n) is 11.0. The van der Waals surface area contributed by atoms with E-state index in [-0.39, 0.29) is 18.0 Å². The molecule has 3 rings (SSSR count). The van der Waals surface area contributed by atoms with Gasteiger partial charge in [-0.1, -0.05) is 11.6 Å². The summed E-state index contributed by atoms with van der Waals surface area (Å²) in [4.78, 5) is 14.4. The van der Waals surface area contributed by atoms with Crippen molar-refractivity contribution < 1.29 is 14.3 Å². The minimum atomic E-state index is -0.249. The number of rotatable bonds is 3. The van der Waals surface area contributed by atoms with Gasteiger partial charge in [0.2, 0.25) is 0 Å². The predicted molar refractivity (Wildman–Crippen MR) is 71.9 cm³/mol. The van der Waals surface area contributed by atoms with E-state index in [1.165, 1.54) is 6.20 Å². The summed E-state index contributed by atoms with van der Waals surface area (Å²) in [7, 11) is 0. The minimum Gasteiger partial charge on any atom is -0.379 e. The van der Waals surface area contributed by atoms with Gasteiger partial charge in [0.1, 0.15) is 5.69 Å². The maximum absolute atomic E-state index is 12.1. The van der Waals surface area contributed by atoms with Crippen molar-refractivity contribution in [1.82, 2.24) is 20.4 Å². The van der Waals surface area contributed by atoms with Crippen molar-refractivity contribution in [1.29, 1.82) is 0 Å². The quantitative estimate of drug-likeness (QED) is 0.814. The predicted octanol–water partition coefficient (Wildman–Crippen LogP) is -0.107. The first-order valence-electron chi connectivity index (χ1n) is 6.65. The van der Waals surface area contributed by atoms with Crippen molar-refractivity contribution in [3.63, 3.8) is 0 Å². The summed E-state index contributed by atoms with van der Waals surface area (Å²) in [6.07, 6.45) is 1.42. The van der Waals surface area contributed by atoms with Crippen molar-refractivity contribution in [3.05, 3.63) is 16.9 Å². The van der Waals surface area contributed by atoms with Crippen molar-refractivity contribution in [2.45, 2.75) is 12.1 Å². The van der Waals surface area contributed by atoms with Crippen molar-refractivity contribution in [2.75, 3.05) is 39.5 Å². The molecule has 0 spiro atoms. The lowest BCUT2D eigenvalue weighted by molar-refractivity contribution is 0.0108. The number of aromatic amines is 1. The Morgan fingerprint density at radius 2 is 2.20 bits per heavy atom. The van der Waals surface area contributed by atoms with Gasteiger partial charge in [0.25, 0.3) is 5.91 Å². The van der Waals surface area contributed by atoms with E-state index in [1.807, 2.05) is 0 Å². The summed E-state index contributed by atoms with van der Waals surface area (Å²) in [5.41, 5.74) is 0.291. The van der Waals surface area contributed by atoms with E-state index < -0.39 is 0 Å². The molecule has 0 unspecified atom stereocenters. The average Bonchev–Trinajstić information content (AvgIpc) is 3.08. The molecule has 0 saturated carbocycles. The fourth-order valence-electron chi connectivity index (χ4n) is 2.62. The lowest BCUT2D eigenvalue weighted by Gasteiger charge is -2.34. The summed E-state index contributed by atoms with van der Waals surface area (Å²) >= 11 is 5.89. The van der Waals surface area contributed by atoms with Crippen LogP contribution in [-0.4, -0.2) is 72.6 Å². The van der Waals surface area contributed by atoms with Gasteiger partial charge in [-0.15, -0.1) is 0 Å². The molecule has 2 aliphatic rings. The number of halogens is 1. The van der Waals surface area contributed by atoms with Crippen LogP contribution in [-0.2, 0) is 9.47 Å². The Morgan fingerprint density at radius 3 is 2.90 bits per heavy atom. The maximum atomic E-state index is 12.1. The number of aromatic nitrogens is 2. The molecule has 1 amide bonds. The molecule has 0 aliphatic carbocycles. The van der Waals surface area contributed by atoms with Gasteiger partial charge in [-0.05, 0) is 0 Å². The second-order valence-corrected chi connectivity index (χ2v) is 5.33. The number of carbonyl (C=O) groups is 1. The molecule has 2 saturated heterocycles. The highest BCUT2D eigenvalue weighted by Crippen LogP contribution is 2.17. The van der Waals surface area contributed by atoms with E-state index in [4.69, 9.17) is 21.1 Å². The van der Waals surface area contributed by atoms with Crippen LogP contribution in [0.15, 0.2) is 6.20 Å². The van der Waals surface area contributed by atoms with E-state index in [0.717, 1.165) is 26.3 Å². The Morgan fingerprint density at radius 1 is 1.40 bits per heavy atom. The van der Waals surface area contributed by atoms with E-state index in [0.29, 0.717) is 23.9 Å². The first-order valence-corrected chi connectivity index (χ1v) is 7.03. The Bertz CT molecular complexity index is 475. The highest BCUT2D eigenvalue weighted by Gasteiger charge is 2.35. The van der Waals surface area contributed by atoms with Crippen molar-refractivity contribution >= 4 is 17.5 Å². The molecule has 110 valence electrons. The van der Waals surface area contributed by atoms with Crippen LogP contribution in [0, 0.1) is 0 Å². The van der Waals surface area contributed by atoms with Gasteiger partial charge < -0.3 is 14.8 Å². The minimum absolute atomic E-state index is 0.0417. The molecule has 1 aromatic rings. The Kier molecular flexibility index (Phi) is 4.21. The second-order valence-electron chi connectivity index (χ2n) is 4.93. The third kappa shape index (κ3) is 2.80. The van der Waals surface area contributed by atoms with Gasteiger partial charge in [0.15, 0.2) is 0 Å². The molecule has 3 heterocycles.